The second kappa shape index (κ2) is 7.78. The van der Waals surface area contributed by atoms with Gasteiger partial charge in [-0.3, -0.25) is 14.5 Å². The van der Waals surface area contributed by atoms with Crippen molar-refractivity contribution in [1.29, 1.82) is 0 Å². The van der Waals surface area contributed by atoms with Crippen molar-refractivity contribution >= 4 is 11.8 Å². The molecule has 1 N–H and O–H groups in total. The zero-order valence-corrected chi connectivity index (χ0v) is 16.1. The molecule has 1 fully saturated rings. The molecule has 0 spiro atoms. The Hall–Kier alpha value is -3.01. The van der Waals surface area contributed by atoms with Crippen molar-refractivity contribution in [2.45, 2.75) is 24.5 Å². The van der Waals surface area contributed by atoms with Crippen molar-refractivity contribution in [3.05, 3.63) is 82.7 Å². The van der Waals surface area contributed by atoms with Crippen LogP contribution in [0.15, 0.2) is 54.6 Å². The van der Waals surface area contributed by atoms with E-state index in [0.717, 1.165) is 10.5 Å². The molecule has 1 atom stereocenters. The zero-order chi connectivity index (χ0) is 20.4. The van der Waals surface area contributed by atoms with E-state index in [-0.39, 0.29) is 18.4 Å². The highest BCUT2D eigenvalue weighted by Gasteiger charge is 2.43. The highest BCUT2D eigenvalue weighted by atomic mass is 16.3. The lowest BCUT2D eigenvalue weighted by atomic mass is 9.81. The maximum absolute atomic E-state index is 12.5. The van der Waals surface area contributed by atoms with E-state index in [1.165, 1.54) is 0 Å². The third-order valence-corrected chi connectivity index (χ3v) is 5.95. The maximum atomic E-state index is 12.5. The van der Waals surface area contributed by atoms with E-state index in [4.69, 9.17) is 6.57 Å². The van der Waals surface area contributed by atoms with Gasteiger partial charge in [-0.1, -0.05) is 42.5 Å². The summed E-state index contributed by atoms with van der Waals surface area (Å²) in [7, 11) is 0. The van der Waals surface area contributed by atoms with Crippen molar-refractivity contribution in [3.8, 4) is 0 Å². The van der Waals surface area contributed by atoms with E-state index in [2.05, 4.69) is 9.74 Å². The van der Waals surface area contributed by atoms with Crippen LogP contribution in [0.2, 0.25) is 0 Å². The molecule has 1 unspecified atom stereocenters. The molecule has 148 valence electrons. The number of amides is 2. The number of β-amino-alcohol motifs (C(OH)–C–C–N with tert-alkyl or cyclic N) is 1. The molecule has 0 aromatic heterocycles. The van der Waals surface area contributed by atoms with Crippen molar-refractivity contribution in [3.63, 3.8) is 0 Å². The van der Waals surface area contributed by atoms with Crippen LogP contribution >= 0.6 is 0 Å². The molecule has 2 aliphatic rings. The summed E-state index contributed by atoms with van der Waals surface area (Å²) < 4.78 is 0. The molecule has 0 bridgehead atoms. The first-order valence-electron chi connectivity index (χ1n) is 9.84. The van der Waals surface area contributed by atoms with Gasteiger partial charge < -0.3 is 14.9 Å². The van der Waals surface area contributed by atoms with Crippen molar-refractivity contribution in [1.82, 2.24) is 9.80 Å². The summed E-state index contributed by atoms with van der Waals surface area (Å²) >= 11 is 0. The molecule has 2 aromatic rings. The smallest absolute Gasteiger partial charge is 0.261 e. The largest absolute Gasteiger partial charge is 0.390 e. The van der Waals surface area contributed by atoms with Gasteiger partial charge in [0.2, 0.25) is 0 Å². The maximum Gasteiger partial charge on any atom is 0.261 e. The van der Waals surface area contributed by atoms with Crippen LogP contribution < -0.4 is 0 Å². The summed E-state index contributed by atoms with van der Waals surface area (Å²) in [5.41, 5.74) is 1.33. The second-order valence-electron chi connectivity index (χ2n) is 7.73. The molecule has 2 heterocycles. The second-order valence-corrected chi connectivity index (χ2v) is 7.73. The molecule has 0 saturated carbocycles. The Morgan fingerprint density at radius 3 is 2.03 bits per heavy atom. The number of fused-ring (bicyclic) bond motifs is 1. The Morgan fingerprint density at radius 1 is 0.931 bits per heavy atom. The minimum Gasteiger partial charge on any atom is -0.390 e. The fourth-order valence-electron chi connectivity index (χ4n) is 4.29. The summed E-state index contributed by atoms with van der Waals surface area (Å²) in [5.74, 6) is -0.696. The third-order valence-electron chi connectivity index (χ3n) is 5.95. The Kier molecular flexibility index (Phi) is 5.18. The fraction of sp³-hybridized carbons (Fsp3) is 0.348. The molecule has 2 aliphatic heterocycles. The van der Waals surface area contributed by atoms with E-state index < -0.39 is 11.6 Å². The molecular formula is C23H23N3O3. The quantitative estimate of drug-likeness (QED) is 0.631. The summed E-state index contributed by atoms with van der Waals surface area (Å²) in [4.78, 5) is 32.1. The Bertz CT molecular complexity index is 924. The molecule has 4 rings (SSSR count). The lowest BCUT2D eigenvalue weighted by Crippen LogP contribution is -2.47. The van der Waals surface area contributed by atoms with Gasteiger partial charge in [0.25, 0.3) is 17.4 Å². The first kappa shape index (κ1) is 19.3. The molecule has 1 saturated heterocycles. The Balaban J connectivity index is 1.35. The summed E-state index contributed by atoms with van der Waals surface area (Å²) in [6.07, 6.45) is 0.565. The number of rotatable bonds is 5. The first-order chi connectivity index (χ1) is 14.0. The van der Waals surface area contributed by atoms with Gasteiger partial charge in [0.05, 0.1) is 23.8 Å². The number of carbonyl (C=O) groups is 2. The SMILES string of the molecule is [C-]#[N+]C1(c2ccccc2)CCN(CC(O)CN2C(=O)c3ccccc3C2=O)CC1. The normalized spacial score (nSPS) is 19.7. The summed E-state index contributed by atoms with van der Waals surface area (Å²) in [6, 6.07) is 16.6. The van der Waals surface area contributed by atoms with Gasteiger partial charge in [-0.05, 0) is 12.1 Å². The lowest BCUT2D eigenvalue weighted by molar-refractivity contribution is 0.0433. The Morgan fingerprint density at radius 2 is 1.48 bits per heavy atom. The molecular weight excluding hydrogens is 366 g/mol. The van der Waals surface area contributed by atoms with Crippen LogP contribution in [0.1, 0.15) is 39.1 Å². The number of benzene rings is 2. The average molecular weight is 389 g/mol. The molecule has 2 amide bonds. The highest BCUT2D eigenvalue weighted by Crippen LogP contribution is 2.37. The number of aliphatic hydroxyl groups excluding tert-OH is 1. The molecule has 6 nitrogen and oxygen atoms in total. The average Bonchev–Trinajstić information content (AvgIpc) is 3.00. The number of carbonyl (C=O) groups excluding carboxylic acids is 2. The van der Waals surface area contributed by atoms with Gasteiger partial charge in [-0.2, -0.15) is 0 Å². The van der Waals surface area contributed by atoms with Gasteiger partial charge in [0, 0.05) is 38.0 Å². The molecule has 29 heavy (non-hydrogen) atoms. The predicted octanol–water partition coefficient (Wildman–Crippen LogP) is 2.55. The molecule has 2 aromatic carbocycles. The number of piperidine rings is 1. The van der Waals surface area contributed by atoms with E-state index >= 15 is 0 Å². The van der Waals surface area contributed by atoms with Crippen molar-refractivity contribution in [2.75, 3.05) is 26.2 Å². The third kappa shape index (κ3) is 3.55. The fourth-order valence-corrected chi connectivity index (χ4v) is 4.29. The monoisotopic (exact) mass is 389 g/mol. The van der Waals surface area contributed by atoms with E-state index in [9.17, 15) is 14.7 Å². The van der Waals surface area contributed by atoms with E-state index in [1.807, 2.05) is 30.3 Å². The van der Waals surface area contributed by atoms with E-state index in [0.29, 0.717) is 43.6 Å². The zero-order valence-electron chi connectivity index (χ0n) is 16.1. The molecule has 0 aliphatic carbocycles. The van der Waals surface area contributed by atoms with E-state index in [1.54, 1.807) is 24.3 Å². The van der Waals surface area contributed by atoms with Gasteiger partial charge in [0.15, 0.2) is 0 Å². The molecule has 0 radical (unpaired) electrons. The first-order valence-corrected chi connectivity index (χ1v) is 9.84. The van der Waals surface area contributed by atoms with Crippen LogP contribution in [-0.2, 0) is 5.54 Å². The van der Waals surface area contributed by atoms with Crippen LogP contribution in [0.3, 0.4) is 0 Å². The number of hydrogen-bond donors (Lipinski definition) is 1. The summed E-state index contributed by atoms with van der Waals surface area (Å²) in [6.45, 7) is 9.46. The van der Waals surface area contributed by atoms with Gasteiger partial charge in [-0.25, -0.2) is 6.57 Å². The highest BCUT2D eigenvalue weighted by molar-refractivity contribution is 6.21. The number of nitrogens with zero attached hydrogens (tertiary/aromatic N) is 3. The number of aliphatic hydroxyl groups is 1. The standard InChI is InChI=1S/C23H23N3O3/c1-24-23(17-7-3-2-4-8-17)11-13-25(14-12-23)15-18(27)16-26-21(28)19-9-5-6-10-20(19)22(26)29/h2-10,18,27H,11-16H2. The van der Waals surface area contributed by atoms with Crippen LogP contribution in [0.4, 0.5) is 0 Å². The minimum absolute atomic E-state index is 0.0184. The van der Waals surface area contributed by atoms with Crippen LogP contribution in [0, 0.1) is 6.57 Å². The van der Waals surface area contributed by atoms with Crippen LogP contribution in [0.25, 0.3) is 4.85 Å². The number of imide groups is 1. The van der Waals surface area contributed by atoms with Gasteiger partial charge in [-0.15, -0.1) is 0 Å². The molecule has 6 heteroatoms. The summed E-state index contributed by atoms with van der Waals surface area (Å²) in [5, 5.41) is 10.5. The lowest BCUT2D eigenvalue weighted by Gasteiger charge is -2.35. The minimum atomic E-state index is -0.825. The van der Waals surface area contributed by atoms with Crippen LogP contribution in [0.5, 0.6) is 0 Å². The predicted molar refractivity (Wildman–Crippen MR) is 108 cm³/mol. The van der Waals surface area contributed by atoms with Crippen LogP contribution in [-0.4, -0.2) is 59.0 Å². The van der Waals surface area contributed by atoms with Crippen molar-refractivity contribution < 1.29 is 14.7 Å². The van der Waals surface area contributed by atoms with Gasteiger partial charge >= 0.3 is 0 Å². The van der Waals surface area contributed by atoms with Crippen molar-refractivity contribution in [2.24, 2.45) is 0 Å². The Labute approximate surface area is 170 Å². The number of likely N-dealkylation sites (tertiary alicyclic amines) is 1. The number of hydrogen-bond acceptors (Lipinski definition) is 4. The topological polar surface area (TPSA) is 65.2 Å². The van der Waals surface area contributed by atoms with Gasteiger partial charge in [0.1, 0.15) is 0 Å².